The number of rotatable bonds is 7. The molecule has 0 spiro atoms. The first kappa shape index (κ1) is 21.0. The summed E-state index contributed by atoms with van der Waals surface area (Å²) < 4.78 is 10.4. The number of nitrogens with zero attached hydrogens (tertiary/aromatic N) is 2. The monoisotopic (exact) mass is 405 g/mol. The third kappa shape index (κ3) is 5.66. The summed E-state index contributed by atoms with van der Waals surface area (Å²) in [5.74, 6) is -0.734. The fourth-order valence-electron chi connectivity index (χ4n) is 3.77. The number of carbonyl (C=O) groups is 2. The largest absolute Gasteiger partial charge is 0.452 e. The molecule has 0 unspecified atom stereocenters. The van der Waals surface area contributed by atoms with E-state index in [0.717, 1.165) is 38.8 Å². The van der Waals surface area contributed by atoms with Crippen molar-refractivity contribution in [3.63, 3.8) is 0 Å². The van der Waals surface area contributed by atoms with Gasteiger partial charge in [0.2, 0.25) is 0 Å². The van der Waals surface area contributed by atoms with Crippen molar-refractivity contribution in [2.24, 2.45) is 5.92 Å². The number of carbonyl (C=O) groups excluding carboxylic acids is 2. The summed E-state index contributed by atoms with van der Waals surface area (Å²) in [7, 11) is 0. The normalized spacial score (nSPS) is 21.6. The molecule has 3 rings (SSSR count). The van der Waals surface area contributed by atoms with Crippen molar-refractivity contribution in [3.8, 4) is 0 Å². The maximum atomic E-state index is 12.3. The van der Waals surface area contributed by atoms with Crippen LogP contribution in [0.2, 0.25) is 0 Å². The molecule has 0 aromatic heterocycles. The topological polar surface area (TPSA) is 111 Å². The van der Waals surface area contributed by atoms with E-state index in [1.807, 2.05) is 4.90 Å². The lowest BCUT2D eigenvalue weighted by molar-refractivity contribution is -0.384. The number of amides is 1. The molecule has 1 aromatic carbocycles. The molecule has 0 saturated carbocycles. The van der Waals surface area contributed by atoms with E-state index in [-0.39, 0.29) is 17.4 Å². The van der Waals surface area contributed by atoms with Crippen LogP contribution in [-0.4, -0.2) is 55.8 Å². The summed E-state index contributed by atoms with van der Waals surface area (Å²) in [4.78, 5) is 37.2. The first-order valence-corrected chi connectivity index (χ1v) is 10.0. The van der Waals surface area contributed by atoms with E-state index in [4.69, 9.17) is 9.47 Å². The number of hydrogen-bond donors (Lipinski definition) is 1. The second-order valence-electron chi connectivity index (χ2n) is 7.67. The Labute approximate surface area is 169 Å². The van der Waals surface area contributed by atoms with Crippen molar-refractivity contribution in [1.29, 1.82) is 0 Å². The fraction of sp³-hybridized carbons (Fsp3) is 0.600. The highest BCUT2D eigenvalue weighted by Crippen LogP contribution is 2.32. The van der Waals surface area contributed by atoms with Crippen LogP contribution < -0.4 is 10.2 Å². The standard InChI is InChI=1S/C20H27N3O6/c1-14-4-2-8-22(12-14)17-7-6-15(10-18(17)23(26)27)20(25)29-13-19(24)21-11-16-5-3-9-28-16/h6-7,10,14,16H,2-5,8-9,11-13H2,1H3,(H,21,24)/t14-,16-/m0/s1. The van der Waals surface area contributed by atoms with Gasteiger partial charge >= 0.3 is 5.97 Å². The Bertz CT molecular complexity index is 763. The summed E-state index contributed by atoms with van der Waals surface area (Å²) >= 11 is 0. The van der Waals surface area contributed by atoms with Gasteiger partial charge in [-0.15, -0.1) is 0 Å². The average Bonchev–Trinajstić information content (AvgIpc) is 3.23. The third-order valence-corrected chi connectivity index (χ3v) is 5.29. The molecule has 0 radical (unpaired) electrons. The summed E-state index contributed by atoms with van der Waals surface area (Å²) in [5.41, 5.74) is 0.432. The van der Waals surface area contributed by atoms with Gasteiger partial charge in [0.15, 0.2) is 6.61 Å². The molecule has 2 saturated heterocycles. The molecular formula is C20H27N3O6. The second kappa shape index (κ2) is 9.69. The zero-order chi connectivity index (χ0) is 20.8. The van der Waals surface area contributed by atoms with Gasteiger partial charge < -0.3 is 19.7 Å². The van der Waals surface area contributed by atoms with Crippen molar-refractivity contribution < 1.29 is 24.0 Å². The van der Waals surface area contributed by atoms with Gasteiger partial charge in [-0.3, -0.25) is 14.9 Å². The Hall–Kier alpha value is -2.68. The highest BCUT2D eigenvalue weighted by atomic mass is 16.6. The van der Waals surface area contributed by atoms with E-state index in [0.29, 0.717) is 24.8 Å². The summed E-state index contributed by atoms with van der Waals surface area (Å²) in [6.07, 6.45) is 3.95. The molecule has 2 aliphatic rings. The lowest BCUT2D eigenvalue weighted by Crippen LogP contribution is -2.35. The van der Waals surface area contributed by atoms with Gasteiger partial charge in [0.1, 0.15) is 5.69 Å². The first-order valence-electron chi connectivity index (χ1n) is 10.0. The number of nitro groups is 1. The Morgan fingerprint density at radius 3 is 2.86 bits per heavy atom. The number of piperidine rings is 1. The minimum absolute atomic E-state index is 0.00218. The van der Waals surface area contributed by atoms with Crippen molar-refractivity contribution in [2.45, 2.75) is 38.7 Å². The van der Waals surface area contributed by atoms with E-state index in [2.05, 4.69) is 12.2 Å². The van der Waals surface area contributed by atoms with Crippen LogP contribution >= 0.6 is 0 Å². The lowest BCUT2D eigenvalue weighted by Gasteiger charge is -2.32. The lowest BCUT2D eigenvalue weighted by atomic mass is 9.99. The maximum absolute atomic E-state index is 12.3. The van der Waals surface area contributed by atoms with Crippen LogP contribution in [0.3, 0.4) is 0 Å². The zero-order valence-corrected chi connectivity index (χ0v) is 16.6. The van der Waals surface area contributed by atoms with Crippen LogP contribution in [0.1, 0.15) is 43.0 Å². The zero-order valence-electron chi connectivity index (χ0n) is 16.6. The molecule has 2 aliphatic heterocycles. The molecule has 2 atom stereocenters. The number of anilines is 1. The molecule has 0 aliphatic carbocycles. The minimum Gasteiger partial charge on any atom is -0.452 e. The first-order chi connectivity index (χ1) is 13.9. The quantitative estimate of drug-likeness (QED) is 0.421. The third-order valence-electron chi connectivity index (χ3n) is 5.29. The molecule has 1 N–H and O–H groups in total. The molecule has 9 heteroatoms. The van der Waals surface area contributed by atoms with Crippen LogP contribution in [0.5, 0.6) is 0 Å². The van der Waals surface area contributed by atoms with Gasteiger partial charge in [0, 0.05) is 32.3 Å². The molecule has 0 bridgehead atoms. The number of nitrogens with one attached hydrogen (secondary N) is 1. The van der Waals surface area contributed by atoms with Crippen LogP contribution in [0, 0.1) is 16.0 Å². The predicted octanol–water partition coefficient (Wildman–Crippen LogP) is 2.28. The van der Waals surface area contributed by atoms with Crippen LogP contribution in [-0.2, 0) is 14.3 Å². The highest BCUT2D eigenvalue weighted by Gasteiger charge is 2.25. The van der Waals surface area contributed by atoms with Gasteiger partial charge in [-0.2, -0.15) is 0 Å². The summed E-state index contributed by atoms with van der Waals surface area (Å²) in [6.45, 7) is 4.25. The molecule has 1 aromatic rings. The SMILES string of the molecule is C[C@H]1CCCN(c2ccc(C(=O)OCC(=O)NC[C@@H]3CCCO3)cc2[N+](=O)[O-])C1. The van der Waals surface area contributed by atoms with Crippen LogP contribution in [0.25, 0.3) is 0 Å². The second-order valence-corrected chi connectivity index (χ2v) is 7.67. The van der Waals surface area contributed by atoms with E-state index in [1.165, 1.54) is 12.1 Å². The molecule has 29 heavy (non-hydrogen) atoms. The van der Waals surface area contributed by atoms with E-state index in [9.17, 15) is 19.7 Å². The smallest absolute Gasteiger partial charge is 0.338 e. The molecule has 2 heterocycles. The molecule has 1 amide bonds. The number of benzene rings is 1. The molecule has 2 fully saturated rings. The van der Waals surface area contributed by atoms with E-state index in [1.54, 1.807) is 6.07 Å². The Morgan fingerprint density at radius 2 is 2.17 bits per heavy atom. The predicted molar refractivity (Wildman–Crippen MR) is 106 cm³/mol. The van der Waals surface area contributed by atoms with Crippen molar-refractivity contribution in [2.75, 3.05) is 37.7 Å². The Balaban J connectivity index is 1.59. The van der Waals surface area contributed by atoms with Crippen molar-refractivity contribution in [1.82, 2.24) is 5.32 Å². The molecule has 9 nitrogen and oxygen atoms in total. The van der Waals surface area contributed by atoms with Gasteiger partial charge in [-0.25, -0.2) is 4.79 Å². The van der Waals surface area contributed by atoms with Gasteiger partial charge in [0.05, 0.1) is 16.6 Å². The maximum Gasteiger partial charge on any atom is 0.338 e. The molecule has 158 valence electrons. The fourth-order valence-corrected chi connectivity index (χ4v) is 3.77. The van der Waals surface area contributed by atoms with Gasteiger partial charge in [0.25, 0.3) is 11.6 Å². The molecular weight excluding hydrogens is 378 g/mol. The van der Waals surface area contributed by atoms with Crippen LogP contribution in [0.15, 0.2) is 18.2 Å². The number of ether oxygens (including phenoxy) is 2. The Kier molecular flexibility index (Phi) is 7.03. The van der Waals surface area contributed by atoms with Gasteiger partial charge in [-0.1, -0.05) is 6.92 Å². The average molecular weight is 405 g/mol. The highest BCUT2D eigenvalue weighted by molar-refractivity contribution is 5.93. The number of esters is 1. The van der Waals surface area contributed by atoms with Crippen molar-refractivity contribution >= 4 is 23.3 Å². The van der Waals surface area contributed by atoms with E-state index < -0.39 is 23.4 Å². The van der Waals surface area contributed by atoms with Gasteiger partial charge in [-0.05, 0) is 43.7 Å². The van der Waals surface area contributed by atoms with Crippen molar-refractivity contribution in [3.05, 3.63) is 33.9 Å². The summed E-state index contributed by atoms with van der Waals surface area (Å²) in [6, 6.07) is 4.32. The summed E-state index contributed by atoms with van der Waals surface area (Å²) in [5, 5.41) is 14.2. The number of hydrogen-bond acceptors (Lipinski definition) is 7. The van der Waals surface area contributed by atoms with E-state index >= 15 is 0 Å². The minimum atomic E-state index is -0.765. The van der Waals surface area contributed by atoms with Crippen LogP contribution in [0.4, 0.5) is 11.4 Å². The number of nitro benzene ring substituents is 1. The Morgan fingerprint density at radius 1 is 1.34 bits per heavy atom.